The molecule has 147 valence electrons. The summed E-state index contributed by atoms with van der Waals surface area (Å²) in [4.78, 5) is 0. The van der Waals surface area contributed by atoms with Crippen LogP contribution in [0.1, 0.15) is 6.92 Å². The van der Waals surface area contributed by atoms with Gasteiger partial charge in [-0.3, -0.25) is 0 Å². The molecule has 0 spiro atoms. The van der Waals surface area contributed by atoms with Gasteiger partial charge in [-0.2, -0.15) is 5.26 Å². The first kappa shape index (κ1) is 129. The van der Waals surface area contributed by atoms with Gasteiger partial charge in [0.15, 0.2) is 0 Å². The van der Waals surface area contributed by atoms with Crippen LogP contribution >= 0.6 is 0 Å². The standard InChI is InChI=1S/C2H3N.11CO.3Re/c1-2-3;11*1-2;;;/h1H3;;;;;;;;;;;;;;. The minimum atomic E-state index is 0. The van der Waals surface area contributed by atoms with E-state index in [-0.39, 0.29) is 61.3 Å². The van der Waals surface area contributed by atoms with E-state index < -0.39 is 0 Å². The SMILES string of the molecule is CC#N.[C-]#[O+].[C-]#[O+].[C-]#[O+].[C-]#[O+].[C-]#[O+].[C-]#[O+].[C-]#[O+].[C-]#[O+].[C-]#[O+].[C-]#[O+].[C-]#[O+].[Re].[Re].[Re]. The second-order valence-corrected chi connectivity index (χ2v) is 0.224. The van der Waals surface area contributed by atoms with Crippen molar-refractivity contribution in [3.05, 3.63) is 73.2 Å². The molecule has 0 atom stereocenters. The van der Waals surface area contributed by atoms with E-state index in [2.05, 4.69) is 73.2 Å². The molecule has 12 nitrogen and oxygen atoms in total. The Morgan fingerprint density at radius 1 is 0.357 bits per heavy atom. The Kier molecular flexibility index (Phi) is 489000. The molecule has 0 bridgehead atoms. The largest absolute Gasteiger partial charge is 0 e. The summed E-state index contributed by atoms with van der Waals surface area (Å²) in [5.41, 5.74) is 0. The second kappa shape index (κ2) is 106000. The maximum atomic E-state index is 7.50. The zero-order chi connectivity index (χ0) is 24.7. The van der Waals surface area contributed by atoms with Crippen LogP contribution in [-0.2, 0) is 112 Å². The van der Waals surface area contributed by atoms with Crippen LogP contribution in [0.15, 0.2) is 0 Å². The van der Waals surface area contributed by atoms with Crippen molar-refractivity contribution in [1.82, 2.24) is 0 Å². The van der Waals surface area contributed by atoms with E-state index in [1.807, 2.05) is 0 Å². The van der Waals surface area contributed by atoms with E-state index in [1.165, 1.54) is 6.92 Å². The third-order valence-electron chi connectivity index (χ3n) is 0. The first-order valence-corrected chi connectivity index (χ1v) is 2.97. The number of nitrogens with zero attached hydrogens (tertiary/aromatic N) is 1. The van der Waals surface area contributed by atoms with Gasteiger partial charge in [-0.1, -0.05) is 0 Å². The first-order chi connectivity index (χ1) is 12.4. The van der Waals surface area contributed by atoms with Gasteiger partial charge in [-0.05, 0) is 0 Å². The quantitative estimate of drug-likeness (QED) is 0.239. The first-order valence-electron chi connectivity index (χ1n) is 2.97. The molecule has 0 amide bonds. The summed E-state index contributed by atoms with van der Waals surface area (Å²) in [5.74, 6) is 0. The average molecular weight is 908 g/mol. The van der Waals surface area contributed by atoms with Gasteiger partial charge in [-0.15, -0.1) is 0 Å². The fourth-order valence-corrected chi connectivity index (χ4v) is 0. The van der Waals surface area contributed by atoms with Crippen molar-refractivity contribution in [3.63, 3.8) is 0 Å². The summed E-state index contributed by atoms with van der Waals surface area (Å²) in [6.45, 7) is 50.9. The summed E-state index contributed by atoms with van der Waals surface area (Å²) in [6.07, 6.45) is 0. The molecular weight excluding hydrogens is 905 g/mol. The minimum absolute atomic E-state index is 0. The molecule has 0 aromatic heterocycles. The average Bonchev–Trinajstić information content (AvgIpc) is 2.83. The van der Waals surface area contributed by atoms with Crippen LogP contribution in [0.5, 0.6) is 0 Å². The predicted molar refractivity (Wildman–Crippen MR) is 54.5 cm³/mol. The number of nitriles is 1. The summed E-state index contributed by atoms with van der Waals surface area (Å²) in [7, 11) is 0. The van der Waals surface area contributed by atoms with Crippen molar-refractivity contribution in [2.24, 2.45) is 0 Å². The third kappa shape index (κ3) is 7180. The summed E-state index contributed by atoms with van der Waals surface area (Å²) in [6, 6.07) is 1.75. The predicted octanol–water partition coefficient (Wildman–Crippen LogP) is 0.110. The maximum Gasteiger partial charge on any atom is 0 e. The molecule has 0 aliphatic rings. The van der Waals surface area contributed by atoms with Gasteiger partial charge in [-0.25, -0.2) is 0 Å². The van der Waals surface area contributed by atoms with Crippen LogP contribution < -0.4 is 0 Å². The topological polar surface area (TPSA) is 243 Å². The third-order valence-corrected chi connectivity index (χ3v) is 0. The van der Waals surface area contributed by atoms with E-state index in [1.54, 1.807) is 6.07 Å². The molecule has 0 unspecified atom stereocenters. The van der Waals surface area contributed by atoms with Gasteiger partial charge in [0.1, 0.15) is 0 Å². The maximum absolute atomic E-state index is 7.50. The fourth-order valence-electron chi connectivity index (χ4n) is 0. The van der Waals surface area contributed by atoms with Gasteiger partial charge in [0.05, 0.1) is 6.07 Å². The van der Waals surface area contributed by atoms with Gasteiger partial charge in [0, 0.05) is 68.2 Å². The van der Waals surface area contributed by atoms with E-state index >= 15 is 0 Å². The molecule has 0 N–H and O–H groups in total. The number of hydrogen-bond donors (Lipinski definition) is 0. The summed E-state index contributed by atoms with van der Waals surface area (Å²) < 4.78 is 82.5. The zero-order valence-electron chi connectivity index (χ0n) is 13.1. The Morgan fingerprint density at radius 2 is 0.357 bits per heavy atom. The van der Waals surface area contributed by atoms with Gasteiger partial charge in [0.25, 0.3) is 0 Å². The van der Waals surface area contributed by atoms with Crippen molar-refractivity contribution in [1.29, 1.82) is 5.26 Å². The summed E-state index contributed by atoms with van der Waals surface area (Å²) in [5, 5.41) is 7.32. The van der Waals surface area contributed by atoms with Crippen LogP contribution in [0.2, 0.25) is 0 Å². The van der Waals surface area contributed by atoms with E-state index in [0.717, 1.165) is 0 Å². The number of rotatable bonds is 0. The molecule has 0 aliphatic heterocycles. The Bertz CT molecular complexity index is 280. The number of hydrogen-bond acceptors (Lipinski definition) is 1. The Labute approximate surface area is 203 Å². The Morgan fingerprint density at radius 3 is 0.357 bits per heavy atom. The van der Waals surface area contributed by atoms with E-state index in [9.17, 15) is 0 Å². The van der Waals surface area contributed by atoms with Crippen molar-refractivity contribution >= 4 is 0 Å². The van der Waals surface area contributed by atoms with Crippen LogP contribution in [0.4, 0.5) is 0 Å². The fraction of sp³-hybridized carbons (Fsp3) is 0.0769. The molecule has 0 aliphatic carbocycles. The molecule has 0 heterocycles. The van der Waals surface area contributed by atoms with Gasteiger partial charge < -0.3 is 0 Å². The van der Waals surface area contributed by atoms with Crippen molar-refractivity contribution < 1.29 is 112 Å². The molecule has 3 radical (unpaired) electrons. The molecular formula is C13H3NO11Re3. The summed E-state index contributed by atoms with van der Waals surface area (Å²) >= 11 is 0. The molecule has 0 rings (SSSR count). The van der Waals surface area contributed by atoms with Gasteiger partial charge in [0.2, 0.25) is 0 Å². The van der Waals surface area contributed by atoms with Crippen LogP contribution in [0.25, 0.3) is 0 Å². The van der Waals surface area contributed by atoms with Crippen molar-refractivity contribution in [3.8, 4) is 6.07 Å². The second-order valence-electron chi connectivity index (χ2n) is 0.224. The zero-order valence-corrected chi connectivity index (χ0v) is 21.2. The molecule has 0 aromatic rings. The monoisotopic (exact) mass is 910 g/mol. The Hall–Kier alpha value is -1.38. The van der Waals surface area contributed by atoms with Crippen LogP contribution in [0.3, 0.4) is 0 Å². The van der Waals surface area contributed by atoms with Crippen LogP contribution in [-0.4, -0.2) is 0 Å². The molecule has 0 fully saturated rings. The smallest absolute Gasteiger partial charge is 0 e. The molecule has 0 saturated carbocycles. The molecule has 0 aromatic carbocycles. The minimum Gasteiger partial charge on any atom is 0 e. The molecule has 28 heavy (non-hydrogen) atoms. The van der Waals surface area contributed by atoms with E-state index in [4.69, 9.17) is 56.4 Å². The van der Waals surface area contributed by atoms with Crippen molar-refractivity contribution in [2.75, 3.05) is 0 Å². The Balaban J connectivity index is -0.00000000503. The van der Waals surface area contributed by atoms with Gasteiger partial charge >= 0.3 is 124 Å². The molecule has 0 saturated heterocycles. The van der Waals surface area contributed by atoms with E-state index in [0.29, 0.717) is 0 Å². The van der Waals surface area contributed by atoms with Crippen LogP contribution in [0, 0.1) is 84.5 Å². The molecule has 15 heteroatoms. The van der Waals surface area contributed by atoms with Crippen molar-refractivity contribution in [2.45, 2.75) is 6.92 Å². The normalized spacial score (nSPS) is 1.07.